The van der Waals surface area contributed by atoms with Crippen LogP contribution in [0.1, 0.15) is 21.0 Å². The molecule has 0 bridgehead atoms. The van der Waals surface area contributed by atoms with Crippen molar-refractivity contribution in [3.63, 3.8) is 0 Å². The lowest BCUT2D eigenvalue weighted by Crippen LogP contribution is -1.95. The Hall–Kier alpha value is -0.900. The molecule has 1 aromatic rings. The second-order valence-corrected chi connectivity index (χ2v) is 1.17. The lowest BCUT2D eigenvalue weighted by atomic mass is 10.5. The maximum Gasteiger partial charge on any atom is 0.0960 e. The van der Waals surface area contributed by atoms with E-state index in [0.717, 1.165) is 5.69 Å². The molecule has 0 aliphatic rings. The number of hydrogen-bond donors (Lipinski definition) is 2. The van der Waals surface area contributed by atoms with Gasteiger partial charge in [0.25, 0.3) is 0 Å². The summed E-state index contributed by atoms with van der Waals surface area (Å²) in [5.74, 6) is 0. The van der Waals surface area contributed by atoms with Crippen molar-refractivity contribution in [3.05, 3.63) is 11.9 Å². The first-order chi connectivity index (χ1) is 4.43. The van der Waals surface area contributed by atoms with Gasteiger partial charge >= 0.3 is 0 Å². The quantitative estimate of drug-likeness (QED) is 0.583. The van der Waals surface area contributed by atoms with E-state index >= 15 is 0 Å². The van der Waals surface area contributed by atoms with Gasteiger partial charge in [0, 0.05) is 7.97 Å². The summed E-state index contributed by atoms with van der Waals surface area (Å²) < 4.78 is 0. The molecule has 0 aromatic carbocycles. The van der Waals surface area contributed by atoms with E-state index in [1.54, 1.807) is 6.20 Å². The highest BCUT2D eigenvalue weighted by Crippen LogP contribution is 1.80. The molecule has 3 N–H and O–H groups in total. The molecule has 0 saturated carbocycles. The summed E-state index contributed by atoms with van der Waals surface area (Å²) in [7, 11) is 0. The fraction of sp³-hybridized carbons (Fsp3) is 0.600. The van der Waals surface area contributed by atoms with Crippen LogP contribution < -0.4 is 5.73 Å². The third-order valence-electron chi connectivity index (χ3n) is 0.674. The number of rotatable bonds is 1. The van der Waals surface area contributed by atoms with Gasteiger partial charge in [-0.1, -0.05) is 13.8 Å². The maximum atomic E-state index is 5.17. The largest absolute Gasteiger partial charge is 0.325 e. The van der Waals surface area contributed by atoms with Gasteiger partial charge in [0.2, 0.25) is 0 Å². The maximum absolute atomic E-state index is 5.17. The van der Waals surface area contributed by atoms with Crippen molar-refractivity contribution in [2.24, 2.45) is 5.73 Å². The molecule has 9 heavy (non-hydrogen) atoms. The highest BCUT2D eigenvalue weighted by Gasteiger charge is 1.85. The summed E-state index contributed by atoms with van der Waals surface area (Å²) in [6.45, 7) is 4.45. The normalized spacial score (nSPS) is 7.89. The third-order valence-corrected chi connectivity index (χ3v) is 0.674. The predicted octanol–water partition coefficient (Wildman–Crippen LogP) is 0.536. The van der Waals surface area contributed by atoms with Crippen LogP contribution in [-0.2, 0) is 6.54 Å². The number of hydrogen-bond acceptors (Lipinski definition) is 3. The summed E-state index contributed by atoms with van der Waals surface area (Å²) in [5.41, 5.74) is 5.96. The summed E-state index contributed by atoms with van der Waals surface area (Å²) in [5, 5.41) is 9.65. The number of aromatic amines is 1. The topological polar surface area (TPSA) is 67.6 Å². The van der Waals surface area contributed by atoms with E-state index in [4.69, 9.17) is 5.73 Å². The van der Waals surface area contributed by atoms with E-state index in [0.29, 0.717) is 6.54 Å². The number of H-pyrrole nitrogens is 1. The van der Waals surface area contributed by atoms with Crippen molar-refractivity contribution in [1.82, 2.24) is 15.4 Å². The van der Waals surface area contributed by atoms with Crippen molar-refractivity contribution >= 4 is 0 Å². The Morgan fingerprint density at radius 3 is 2.67 bits per heavy atom. The lowest BCUT2D eigenvalue weighted by molar-refractivity contribution is 0.898. The molecule has 54 valence electrons. The molecule has 0 atom stereocenters. The Bertz CT molecular complexity index is 128. The lowest BCUT2D eigenvalue weighted by Gasteiger charge is -1.76. The molecule has 0 amide bonds. The van der Waals surface area contributed by atoms with Crippen LogP contribution >= 0.6 is 0 Å². The van der Waals surface area contributed by atoms with Crippen molar-refractivity contribution in [3.8, 4) is 0 Å². The summed E-state index contributed by atoms with van der Waals surface area (Å²) in [6, 6.07) is 0. The molecule has 1 heterocycles. The fourth-order valence-corrected chi connectivity index (χ4v) is 0.324. The van der Waals surface area contributed by atoms with E-state index in [1.165, 1.54) is 0 Å². The first kappa shape index (κ1) is 8.10. The minimum Gasteiger partial charge on any atom is -0.325 e. The van der Waals surface area contributed by atoms with Gasteiger partial charge in [0.05, 0.1) is 11.9 Å². The van der Waals surface area contributed by atoms with E-state index < -0.39 is 0 Å². The molecule has 0 aliphatic heterocycles. The van der Waals surface area contributed by atoms with Gasteiger partial charge in [-0.25, -0.2) is 0 Å². The molecule has 4 heteroatoms. The van der Waals surface area contributed by atoms with Crippen molar-refractivity contribution < 1.29 is 1.43 Å². The molecule has 0 aliphatic carbocycles. The zero-order valence-electron chi connectivity index (χ0n) is 5.76. The monoisotopic (exact) mass is 130 g/mol. The molecule has 4 nitrogen and oxygen atoms in total. The van der Waals surface area contributed by atoms with E-state index in [2.05, 4.69) is 15.4 Å². The summed E-state index contributed by atoms with van der Waals surface area (Å²) >= 11 is 0. The molecule has 0 radical (unpaired) electrons. The van der Waals surface area contributed by atoms with Gasteiger partial charge in [0.1, 0.15) is 0 Å². The number of nitrogens with zero attached hydrogens (tertiary/aromatic N) is 2. The first-order valence-electron chi connectivity index (χ1n) is 2.98. The Balaban J connectivity index is 0. The van der Waals surface area contributed by atoms with Crippen LogP contribution in [0.15, 0.2) is 6.20 Å². The molecule has 1 aromatic heterocycles. The Morgan fingerprint density at radius 2 is 2.44 bits per heavy atom. The second kappa shape index (κ2) is 5.24. The molecule has 0 fully saturated rings. The highest BCUT2D eigenvalue weighted by atomic mass is 15.3. The molecular weight excluding hydrogens is 116 g/mol. The molecule has 0 unspecified atom stereocenters. The smallest absolute Gasteiger partial charge is 0.0960 e. The van der Waals surface area contributed by atoms with E-state index in [1.807, 2.05) is 13.8 Å². The average molecular weight is 130 g/mol. The minimum atomic E-state index is 0. The van der Waals surface area contributed by atoms with Crippen LogP contribution in [0.2, 0.25) is 0 Å². The number of nitrogens with two attached hydrogens (primary N) is 1. The van der Waals surface area contributed by atoms with Gasteiger partial charge < -0.3 is 5.73 Å². The Labute approximate surface area is 55.9 Å². The van der Waals surface area contributed by atoms with Crippen molar-refractivity contribution in [2.45, 2.75) is 20.4 Å². The Morgan fingerprint density at radius 1 is 1.78 bits per heavy atom. The zero-order valence-corrected chi connectivity index (χ0v) is 5.76. The van der Waals surface area contributed by atoms with E-state index in [-0.39, 0.29) is 1.43 Å². The first-order valence-corrected chi connectivity index (χ1v) is 2.98. The number of aromatic nitrogens is 3. The van der Waals surface area contributed by atoms with Gasteiger partial charge in [-0.15, -0.1) is 0 Å². The fourth-order valence-electron chi connectivity index (χ4n) is 0.324. The van der Waals surface area contributed by atoms with Gasteiger partial charge in [-0.2, -0.15) is 15.4 Å². The van der Waals surface area contributed by atoms with Crippen LogP contribution in [0.25, 0.3) is 0 Å². The van der Waals surface area contributed by atoms with Crippen molar-refractivity contribution in [2.75, 3.05) is 0 Å². The molecule has 0 saturated heterocycles. The van der Waals surface area contributed by atoms with Gasteiger partial charge in [-0.05, 0) is 0 Å². The molecule has 1 rings (SSSR count). The van der Waals surface area contributed by atoms with Crippen molar-refractivity contribution in [1.29, 1.82) is 0 Å². The molecule has 0 spiro atoms. The summed E-state index contributed by atoms with van der Waals surface area (Å²) in [4.78, 5) is 0. The van der Waals surface area contributed by atoms with Crippen LogP contribution in [0.4, 0.5) is 0 Å². The molecular formula is C5H14N4. The van der Waals surface area contributed by atoms with Crippen LogP contribution in [-0.4, -0.2) is 15.4 Å². The number of nitrogens with one attached hydrogen (secondary N) is 1. The summed E-state index contributed by atoms with van der Waals surface area (Å²) in [6.07, 6.45) is 1.60. The SMILES string of the molecule is CC.NCc1cn[nH]n1.[HH]. The van der Waals surface area contributed by atoms with Crippen LogP contribution in [0.3, 0.4) is 0 Å². The van der Waals surface area contributed by atoms with Gasteiger partial charge in [-0.3, -0.25) is 0 Å². The highest BCUT2D eigenvalue weighted by molar-refractivity contribution is 4.87. The van der Waals surface area contributed by atoms with Crippen LogP contribution in [0.5, 0.6) is 0 Å². The standard InChI is InChI=1S/C3H6N4.C2H6.H2/c4-1-3-2-5-7-6-3;1-2;/h2H,1,4H2,(H,5,6,7);1-2H3;1H. The predicted molar refractivity (Wildman–Crippen MR) is 37.7 cm³/mol. The minimum absolute atomic E-state index is 0. The van der Waals surface area contributed by atoms with Gasteiger partial charge in [0.15, 0.2) is 0 Å². The zero-order chi connectivity index (χ0) is 7.11. The third kappa shape index (κ3) is 2.81. The average Bonchev–Trinajstić information content (AvgIpc) is 2.43. The van der Waals surface area contributed by atoms with E-state index in [9.17, 15) is 0 Å². The Kier molecular flexibility index (Phi) is 4.72. The van der Waals surface area contributed by atoms with Crippen LogP contribution in [0, 0.1) is 0 Å². The second-order valence-electron chi connectivity index (χ2n) is 1.17.